The summed E-state index contributed by atoms with van der Waals surface area (Å²) in [5.41, 5.74) is 0.497. The average molecular weight is 445 g/mol. The molecule has 0 saturated carbocycles. The summed E-state index contributed by atoms with van der Waals surface area (Å²) in [5, 5.41) is 2.60. The smallest absolute Gasteiger partial charge is 0.264 e. The number of benzene rings is 2. The number of nitrogens with zero attached hydrogens (tertiary/aromatic N) is 2. The number of hydrogen-bond donors (Lipinski definition) is 1. The zero-order valence-corrected chi connectivity index (χ0v) is 17.6. The fourth-order valence-corrected chi connectivity index (χ4v) is 4.22. The molecule has 0 bridgehead atoms. The number of hydrogen-bond acceptors (Lipinski definition) is 6. The molecule has 0 aliphatic carbocycles. The first kappa shape index (κ1) is 22.0. The molecule has 0 atom stereocenters. The van der Waals surface area contributed by atoms with E-state index < -0.39 is 28.3 Å². The van der Waals surface area contributed by atoms with Gasteiger partial charge >= 0.3 is 0 Å². The van der Waals surface area contributed by atoms with E-state index in [1.165, 1.54) is 32.5 Å². The molecule has 1 N–H and O–H groups in total. The van der Waals surface area contributed by atoms with Gasteiger partial charge in [-0.05, 0) is 48.5 Å². The molecule has 0 fully saturated rings. The first-order chi connectivity index (χ1) is 14.8. The van der Waals surface area contributed by atoms with Crippen LogP contribution >= 0.6 is 0 Å². The van der Waals surface area contributed by atoms with Crippen molar-refractivity contribution >= 4 is 27.3 Å². The van der Waals surface area contributed by atoms with Crippen LogP contribution < -0.4 is 19.1 Å². The topological polar surface area (TPSA) is 97.8 Å². The second-order valence-electron chi connectivity index (χ2n) is 6.29. The zero-order chi connectivity index (χ0) is 22.4. The Hall–Kier alpha value is -3.66. The molecule has 0 aliphatic heterocycles. The fourth-order valence-electron chi connectivity index (χ4n) is 2.79. The van der Waals surface area contributed by atoms with Crippen LogP contribution in [0, 0.1) is 5.82 Å². The number of halogens is 1. The molecule has 3 rings (SSSR count). The number of ether oxygens (including phenoxy) is 2. The van der Waals surface area contributed by atoms with Gasteiger partial charge in [-0.1, -0.05) is 0 Å². The van der Waals surface area contributed by atoms with Crippen LogP contribution in [0.4, 0.5) is 15.8 Å². The van der Waals surface area contributed by atoms with Crippen molar-refractivity contribution in [3.05, 3.63) is 72.8 Å². The Morgan fingerprint density at radius 3 is 2.45 bits per heavy atom. The number of aromatic nitrogens is 1. The van der Waals surface area contributed by atoms with E-state index in [0.717, 1.165) is 28.6 Å². The highest BCUT2D eigenvalue weighted by Crippen LogP contribution is 2.35. The van der Waals surface area contributed by atoms with Crippen molar-refractivity contribution in [2.45, 2.75) is 4.90 Å². The van der Waals surface area contributed by atoms with Crippen molar-refractivity contribution < 1.29 is 27.1 Å². The fraction of sp³-hybridized carbons (Fsp3) is 0.143. The first-order valence-corrected chi connectivity index (χ1v) is 10.5. The van der Waals surface area contributed by atoms with Gasteiger partial charge in [0.1, 0.15) is 23.9 Å². The van der Waals surface area contributed by atoms with Crippen LogP contribution in [0.3, 0.4) is 0 Å². The summed E-state index contributed by atoms with van der Waals surface area (Å²) in [7, 11) is -1.45. The molecule has 1 heterocycles. The molecule has 0 unspecified atom stereocenters. The SMILES string of the molecule is COc1ccc(OC)c(N(CC(=O)Nc2cccnc2)S(=O)(=O)c2ccc(F)cc2)c1. The van der Waals surface area contributed by atoms with Gasteiger partial charge < -0.3 is 14.8 Å². The highest BCUT2D eigenvalue weighted by atomic mass is 32.2. The number of nitrogens with one attached hydrogen (secondary N) is 1. The minimum Gasteiger partial charge on any atom is -0.497 e. The molecule has 0 saturated heterocycles. The molecule has 8 nitrogen and oxygen atoms in total. The lowest BCUT2D eigenvalue weighted by Crippen LogP contribution is -2.38. The van der Waals surface area contributed by atoms with Crippen LogP contribution in [-0.4, -0.2) is 40.1 Å². The summed E-state index contributed by atoms with van der Waals surface area (Å²) < 4.78 is 51.6. The summed E-state index contributed by atoms with van der Waals surface area (Å²) in [5.74, 6) is -0.620. The van der Waals surface area contributed by atoms with E-state index in [4.69, 9.17) is 9.47 Å². The monoisotopic (exact) mass is 445 g/mol. The second-order valence-corrected chi connectivity index (χ2v) is 8.16. The van der Waals surface area contributed by atoms with Gasteiger partial charge in [0, 0.05) is 12.3 Å². The minimum atomic E-state index is -4.26. The molecule has 1 aromatic heterocycles. The summed E-state index contributed by atoms with van der Waals surface area (Å²) in [6, 6.07) is 12.1. The summed E-state index contributed by atoms with van der Waals surface area (Å²) in [4.78, 5) is 16.4. The molecule has 3 aromatic rings. The van der Waals surface area contributed by atoms with Gasteiger partial charge in [0.05, 0.1) is 36.7 Å². The molecule has 0 aliphatic rings. The van der Waals surface area contributed by atoms with E-state index in [0.29, 0.717) is 11.4 Å². The maximum Gasteiger partial charge on any atom is 0.264 e. The van der Waals surface area contributed by atoms with Gasteiger partial charge in [-0.15, -0.1) is 0 Å². The van der Waals surface area contributed by atoms with E-state index in [2.05, 4.69) is 10.3 Å². The van der Waals surface area contributed by atoms with Crippen molar-refractivity contribution in [3.8, 4) is 11.5 Å². The maximum atomic E-state index is 13.4. The maximum absolute atomic E-state index is 13.4. The van der Waals surface area contributed by atoms with E-state index in [1.807, 2.05) is 0 Å². The van der Waals surface area contributed by atoms with Crippen molar-refractivity contribution in [2.24, 2.45) is 0 Å². The largest absolute Gasteiger partial charge is 0.497 e. The Morgan fingerprint density at radius 2 is 1.84 bits per heavy atom. The van der Waals surface area contributed by atoms with Gasteiger partial charge in [-0.3, -0.25) is 14.1 Å². The number of sulfonamides is 1. The van der Waals surface area contributed by atoms with Crippen LogP contribution in [0.1, 0.15) is 0 Å². The third-order valence-electron chi connectivity index (χ3n) is 4.29. The number of rotatable bonds is 8. The predicted octanol–water partition coefficient (Wildman–Crippen LogP) is 3.07. The Morgan fingerprint density at radius 1 is 1.10 bits per heavy atom. The van der Waals surface area contributed by atoms with Gasteiger partial charge in [0.2, 0.25) is 5.91 Å². The highest BCUT2D eigenvalue weighted by molar-refractivity contribution is 7.92. The normalized spacial score (nSPS) is 10.9. The van der Waals surface area contributed by atoms with Gasteiger partial charge in [0.15, 0.2) is 0 Å². The molecule has 162 valence electrons. The van der Waals surface area contributed by atoms with Gasteiger partial charge in [0.25, 0.3) is 10.0 Å². The molecule has 1 amide bonds. The van der Waals surface area contributed by atoms with Crippen LogP contribution in [0.15, 0.2) is 71.9 Å². The van der Waals surface area contributed by atoms with Crippen LogP contribution in [0.5, 0.6) is 11.5 Å². The quantitative estimate of drug-likeness (QED) is 0.572. The van der Waals surface area contributed by atoms with E-state index in [-0.39, 0.29) is 16.3 Å². The molecular weight excluding hydrogens is 425 g/mol. The lowest BCUT2D eigenvalue weighted by Gasteiger charge is -2.26. The van der Waals surface area contributed by atoms with Gasteiger partial charge in [-0.2, -0.15) is 0 Å². The van der Waals surface area contributed by atoms with E-state index in [1.54, 1.807) is 24.4 Å². The lowest BCUT2D eigenvalue weighted by atomic mass is 10.2. The third kappa shape index (κ3) is 5.10. The Bertz CT molecular complexity index is 1160. The minimum absolute atomic E-state index is 0.0903. The number of amides is 1. The lowest BCUT2D eigenvalue weighted by molar-refractivity contribution is -0.114. The van der Waals surface area contributed by atoms with Crippen molar-refractivity contribution in [1.29, 1.82) is 0 Å². The third-order valence-corrected chi connectivity index (χ3v) is 6.06. The average Bonchev–Trinajstić information content (AvgIpc) is 2.78. The standard InChI is InChI=1S/C21H20FN3O5S/c1-29-17-7-10-20(30-2)19(12-17)25(14-21(26)24-16-4-3-11-23-13-16)31(27,28)18-8-5-15(22)6-9-18/h3-13H,14H2,1-2H3,(H,24,26). The molecule has 0 spiro atoms. The number of pyridine rings is 1. The molecule has 0 radical (unpaired) electrons. The number of anilines is 2. The molecule has 10 heteroatoms. The second kappa shape index (κ2) is 9.43. The molecule has 31 heavy (non-hydrogen) atoms. The Balaban J connectivity index is 2.05. The number of carbonyl (C=O) groups is 1. The Kier molecular flexibility index (Phi) is 6.71. The Labute approximate surface area is 179 Å². The van der Waals surface area contributed by atoms with Crippen molar-refractivity contribution in [1.82, 2.24) is 4.98 Å². The van der Waals surface area contributed by atoms with Crippen LogP contribution in [0.2, 0.25) is 0 Å². The summed E-state index contributed by atoms with van der Waals surface area (Å²) >= 11 is 0. The van der Waals surface area contributed by atoms with Crippen molar-refractivity contribution in [3.63, 3.8) is 0 Å². The van der Waals surface area contributed by atoms with E-state index >= 15 is 0 Å². The number of carbonyl (C=O) groups excluding carboxylic acids is 1. The summed E-state index contributed by atoms with van der Waals surface area (Å²) in [6.45, 7) is -0.571. The van der Waals surface area contributed by atoms with Crippen LogP contribution in [-0.2, 0) is 14.8 Å². The molecule has 2 aromatic carbocycles. The predicted molar refractivity (Wildman–Crippen MR) is 113 cm³/mol. The number of methoxy groups -OCH3 is 2. The highest BCUT2D eigenvalue weighted by Gasteiger charge is 2.30. The summed E-state index contributed by atoms with van der Waals surface area (Å²) in [6.07, 6.45) is 2.98. The van der Waals surface area contributed by atoms with Crippen molar-refractivity contribution in [2.75, 3.05) is 30.4 Å². The zero-order valence-electron chi connectivity index (χ0n) is 16.8. The van der Waals surface area contributed by atoms with E-state index in [9.17, 15) is 17.6 Å². The van der Waals surface area contributed by atoms with Crippen LogP contribution in [0.25, 0.3) is 0 Å². The van der Waals surface area contributed by atoms with Gasteiger partial charge in [-0.25, -0.2) is 12.8 Å². The first-order valence-electron chi connectivity index (χ1n) is 9.05. The molecular formula is C21H20FN3O5S.